The Labute approximate surface area is 102 Å². The number of aromatic nitrogens is 1. The predicted molar refractivity (Wildman–Crippen MR) is 64.5 cm³/mol. The molecule has 0 fully saturated rings. The number of carbonyl (C=O) groups is 1. The summed E-state index contributed by atoms with van der Waals surface area (Å²) >= 11 is 1.06. The van der Waals surface area contributed by atoms with Crippen LogP contribution in [0.5, 0.6) is 11.5 Å². The monoisotopic (exact) mass is 250 g/mol. The highest BCUT2D eigenvalue weighted by atomic mass is 32.1. The number of ether oxygens (including phenoxy) is 2. The normalized spacial score (nSPS) is 9.94. The molecular formula is C11H10N2O3S. The Morgan fingerprint density at radius 1 is 1.29 bits per heavy atom. The Bertz CT molecular complexity index is 522. The molecule has 2 aromatic rings. The molecule has 1 aromatic heterocycles. The SMILES string of the molecule is COc1ccc(OC(=O)c2cc(N)sn2)cc1. The van der Waals surface area contributed by atoms with E-state index in [1.807, 2.05) is 0 Å². The quantitative estimate of drug-likeness (QED) is 0.665. The molecule has 0 aliphatic carbocycles. The number of carbonyl (C=O) groups excluding carboxylic acids is 1. The number of esters is 1. The Morgan fingerprint density at radius 2 is 1.94 bits per heavy atom. The number of nitrogens with two attached hydrogens (primary N) is 1. The predicted octanol–water partition coefficient (Wildman–Crippen LogP) is 1.95. The minimum absolute atomic E-state index is 0.211. The van der Waals surface area contributed by atoms with E-state index in [0.29, 0.717) is 16.5 Å². The van der Waals surface area contributed by atoms with Crippen molar-refractivity contribution in [2.45, 2.75) is 0 Å². The average molecular weight is 250 g/mol. The Balaban J connectivity index is 2.07. The largest absolute Gasteiger partial charge is 0.497 e. The van der Waals surface area contributed by atoms with Gasteiger partial charge in [-0.05, 0) is 35.8 Å². The van der Waals surface area contributed by atoms with Crippen molar-refractivity contribution in [3.63, 3.8) is 0 Å². The van der Waals surface area contributed by atoms with Crippen LogP contribution in [0.2, 0.25) is 0 Å². The van der Waals surface area contributed by atoms with Crippen molar-refractivity contribution in [2.75, 3.05) is 12.8 Å². The molecule has 0 radical (unpaired) electrons. The third-order valence-corrected chi connectivity index (χ3v) is 2.62. The average Bonchev–Trinajstić information content (AvgIpc) is 2.77. The molecule has 6 heteroatoms. The van der Waals surface area contributed by atoms with Gasteiger partial charge < -0.3 is 15.2 Å². The summed E-state index contributed by atoms with van der Waals surface area (Å²) in [4.78, 5) is 11.6. The van der Waals surface area contributed by atoms with Crippen LogP contribution in [-0.4, -0.2) is 17.5 Å². The van der Waals surface area contributed by atoms with Crippen LogP contribution in [0.3, 0.4) is 0 Å². The van der Waals surface area contributed by atoms with Crippen molar-refractivity contribution in [2.24, 2.45) is 0 Å². The van der Waals surface area contributed by atoms with E-state index >= 15 is 0 Å². The van der Waals surface area contributed by atoms with E-state index in [2.05, 4.69) is 4.37 Å². The minimum Gasteiger partial charge on any atom is -0.497 e. The summed E-state index contributed by atoms with van der Waals surface area (Å²) in [5.74, 6) is 0.605. The number of methoxy groups -OCH3 is 1. The first-order valence-electron chi connectivity index (χ1n) is 4.77. The van der Waals surface area contributed by atoms with Crippen molar-refractivity contribution < 1.29 is 14.3 Å². The molecule has 0 spiro atoms. The number of rotatable bonds is 3. The molecular weight excluding hydrogens is 240 g/mol. The molecule has 0 atom stereocenters. The number of nitrogen functional groups attached to an aromatic ring is 1. The summed E-state index contributed by atoms with van der Waals surface area (Å²) in [6.45, 7) is 0. The van der Waals surface area contributed by atoms with Crippen molar-refractivity contribution in [3.05, 3.63) is 36.0 Å². The summed E-state index contributed by atoms with van der Waals surface area (Å²) in [6.07, 6.45) is 0. The molecule has 0 unspecified atom stereocenters. The summed E-state index contributed by atoms with van der Waals surface area (Å²) in [6, 6.07) is 8.19. The van der Waals surface area contributed by atoms with Crippen LogP contribution in [0.1, 0.15) is 10.5 Å². The lowest BCUT2D eigenvalue weighted by Crippen LogP contribution is -2.08. The fraction of sp³-hybridized carbons (Fsp3) is 0.0909. The lowest BCUT2D eigenvalue weighted by Gasteiger charge is -2.03. The zero-order valence-corrected chi connectivity index (χ0v) is 9.86. The second-order valence-corrected chi connectivity index (χ2v) is 4.02. The van der Waals surface area contributed by atoms with Gasteiger partial charge in [-0.1, -0.05) is 0 Å². The van der Waals surface area contributed by atoms with Gasteiger partial charge in [0.05, 0.1) is 7.11 Å². The maximum Gasteiger partial charge on any atom is 0.363 e. The molecule has 5 nitrogen and oxygen atoms in total. The number of benzene rings is 1. The Hall–Kier alpha value is -2.08. The summed E-state index contributed by atoms with van der Waals surface area (Å²) in [5.41, 5.74) is 5.69. The second-order valence-electron chi connectivity index (χ2n) is 3.18. The topological polar surface area (TPSA) is 74.4 Å². The molecule has 17 heavy (non-hydrogen) atoms. The fourth-order valence-electron chi connectivity index (χ4n) is 1.19. The van der Waals surface area contributed by atoms with Crippen LogP contribution >= 0.6 is 11.5 Å². The van der Waals surface area contributed by atoms with Crippen LogP contribution in [0.25, 0.3) is 0 Å². The first-order valence-corrected chi connectivity index (χ1v) is 5.55. The van der Waals surface area contributed by atoms with Crippen LogP contribution in [0.4, 0.5) is 5.00 Å². The third kappa shape index (κ3) is 2.73. The van der Waals surface area contributed by atoms with Gasteiger partial charge in [-0.15, -0.1) is 0 Å². The zero-order valence-electron chi connectivity index (χ0n) is 9.04. The van der Waals surface area contributed by atoms with Crippen molar-refractivity contribution in [1.29, 1.82) is 0 Å². The molecule has 2 N–H and O–H groups in total. The second kappa shape index (κ2) is 4.84. The highest BCUT2D eigenvalue weighted by molar-refractivity contribution is 7.10. The van der Waals surface area contributed by atoms with Gasteiger partial charge in [0.15, 0.2) is 5.69 Å². The van der Waals surface area contributed by atoms with Gasteiger partial charge in [0.2, 0.25) is 0 Å². The first kappa shape index (κ1) is 11.4. The third-order valence-electron chi connectivity index (χ3n) is 2.01. The van der Waals surface area contributed by atoms with Crippen LogP contribution in [0, 0.1) is 0 Å². The molecule has 2 rings (SSSR count). The molecule has 1 heterocycles. The lowest BCUT2D eigenvalue weighted by molar-refractivity contribution is 0.0730. The van der Waals surface area contributed by atoms with Crippen LogP contribution < -0.4 is 15.2 Å². The van der Waals surface area contributed by atoms with Crippen molar-refractivity contribution in [3.8, 4) is 11.5 Å². The molecule has 0 aliphatic heterocycles. The number of hydrogen-bond acceptors (Lipinski definition) is 6. The number of nitrogens with zero attached hydrogens (tertiary/aromatic N) is 1. The fourth-order valence-corrected chi connectivity index (χ4v) is 1.68. The van der Waals surface area contributed by atoms with Crippen molar-refractivity contribution in [1.82, 2.24) is 4.37 Å². The minimum atomic E-state index is -0.525. The highest BCUT2D eigenvalue weighted by Gasteiger charge is 2.12. The van der Waals surface area contributed by atoms with Crippen LogP contribution in [-0.2, 0) is 0 Å². The van der Waals surface area contributed by atoms with E-state index in [0.717, 1.165) is 11.5 Å². The summed E-state index contributed by atoms with van der Waals surface area (Å²) in [7, 11) is 1.57. The Morgan fingerprint density at radius 3 is 2.47 bits per heavy atom. The van der Waals surface area contributed by atoms with Gasteiger partial charge in [-0.2, -0.15) is 4.37 Å². The highest BCUT2D eigenvalue weighted by Crippen LogP contribution is 2.19. The van der Waals surface area contributed by atoms with Gasteiger partial charge in [0, 0.05) is 6.07 Å². The van der Waals surface area contributed by atoms with E-state index in [1.165, 1.54) is 6.07 Å². The van der Waals surface area contributed by atoms with Crippen molar-refractivity contribution >= 4 is 22.5 Å². The Kier molecular flexibility index (Phi) is 3.24. The smallest absolute Gasteiger partial charge is 0.363 e. The summed E-state index contributed by atoms with van der Waals surface area (Å²) in [5, 5.41) is 0.478. The molecule has 1 aromatic carbocycles. The molecule has 0 amide bonds. The number of anilines is 1. The maximum absolute atomic E-state index is 11.6. The van der Waals surface area contributed by atoms with Gasteiger partial charge in [0.1, 0.15) is 16.5 Å². The maximum atomic E-state index is 11.6. The zero-order chi connectivity index (χ0) is 12.3. The molecule has 0 saturated heterocycles. The van der Waals surface area contributed by atoms with E-state index in [-0.39, 0.29) is 5.69 Å². The van der Waals surface area contributed by atoms with Crippen LogP contribution in [0.15, 0.2) is 30.3 Å². The van der Waals surface area contributed by atoms with E-state index < -0.39 is 5.97 Å². The summed E-state index contributed by atoms with van der Waals surface area (Å²) < 4.78 is 14.0. The molecule has 0 bridgehead atoms. The van der Waals surface area contributed by atoms with Gasteiger partial charge in [0.25, 0.3) is 0 Å². The standard InChI is InChI=1S/C11H10N2O3S/c1-15-7-2-4-8(5-3-7)16-11(14)9-6-10(12)17-13-9/h2-6H,12H2,1H3. The van der Waals surface area contributed by atoms with Gasteiger partial charge in [-0.3, -0.25) is 0 Å². The van der Waals surface area contributed by atoms with Gasteiger partial charge in [-0.25, -0.2) is 4.79 Å². The lowest BCUT2D eigenvalue weighted by atomic mass is 10.3. The van der Waals surface area contributed by atoms with E-state index in [4.69, 9.17) is 15.2 Å². The molecule has 0 saturated carbocycles. The number of hydrogen-bond donors (Lipinski definition) is 1. The van der Waals surface area contributed by atoms with Gasteiger partial charge >= 0.3 is 5.97 Å². The molecule has 0 aliphatic rings. The van der Waals surface area contributed by atoms with E-state index in [1.54, 1.807) is 31.4 Å². The van der Waals surface area contributed by atoms with E-state index in [9.17, 15) is 4.79 Å². The molecule has 88 valence electrons. The first-order chi connectivity index (χ1) is 8.19.